The highest BCUT2D eigenvalue weighted by Gasteiger charge is 2.30. The molecule has 0 aromatic heterocycles. The van der Waals surface area contributed by atoms with E-state index in [2.05, 4.69) is 32.7 Å². The Bertz CT molecular complexity index is 228. The van der Waals surface area contributed by atoms with Crippen LogP contribution in [0, 0.1) is 5.41 Å². The third kappa shape index (κ3) is 3.42. The predicted molar refractivity (Wildman–Crippen MR) is 70.0 cm³/mol. The summed E-state index contributed by atoms with van der Waals surface area (Å²) in [4.78, 5) is 2.96. The van der Waals surface area contributed by atoms with Crippen molar-refractivity contribution in [1.29, 1.82) is 0 Å². The zero-order valence-corrected chi connectivity index (χ0v) is 11.2. The Labute approximate surface area is 99.2 Å². The lowest BCUT2D eigenvalue weighted by Crippen LogP contribution is -2.47. The van der Waals surface area contributed by atoms with E-state index in [0.29, 0.717) is 16.4 Å². The molecule has 1 unspecified atom stereocenters. The number of rotatable bonds is 3. The van der Waals surface area contributed by atoms with Crippen molar-refractivity contribution < 1.29 is 0 Å². The fraction of sp³-hybridized carbons (Fsp3) is 0.917. The predicted octanol–water partition coefficient (Wildman–Crippen LogP) is 2.56. The normalized spacial score (nSPS) is 24.1. The van der Waals surface area contributed by atoms with E-state index in [1.807, 2.05) is 0 Å². The number of hydrogen-bond donors (Lipinski definition) is 1. The van der Waals surface area contributed by atoms with Gasteiger partial charge in [-0.2, -0.15) is 0 Å². The maximum absolute atomic E-state index is 5.69. The van der Waals surface area contributed by atoms with Crippen LogP contribution in [-0.2, 0) is 0 Å². The van der Waals surface area contributed by atoms with E-state index in [-0.39, 0.29) is 6.04 Å². The average molecular weight is 228 g/mol. The number of nitrogens with zero attached hydrogens (tertiary/aromatic N) is 1. The molecule has 1 aliphatic rings. The standard InChI is InChI=1S/C12H24N2S/c1-9(11(13)15)14(4)10-5-7-12(2,3)8-6-10/h9-10H,5-8H2,1-4H3,(H2,13,15). The lowest BCUT2D eigenvalue weighted by molar-refractivity contribution is 0.119. The lowest BCUT2D eigenvalue weighted by Gasteiger charge is -2.40. The molecule has 0 heterocycles. The molecule has 0 radical (unpaired) electrons. The molecule has 0 aromatic rings. The van der Waals surface area contributed by atoms with Crippen molar-refractivity contribution in [3.8, 4) is 0 Å². The Balaban J connectivity index is 2.49. The van der Waals surface area contributed by atoms with Crippen molar-refractivity contribution in [3.05, 3.63) is 0 Å². The van der Waals surface area contributed by atoms with E-state index in [1.165, 1.54) is 25.7 Å². The van der Waals surface area contributed by atoms with Gasteiger partial charge in [-0.1, -0.05) is 26.1 Å². The molecule has 2 nitrogen and oxygen atoms in total. The van der Waals surface area contributed by atoms with Crippen molar-refractivity contribution >= 4 is 17.2 Å². The molecule has 15 heavy (non-hydrogen) atoms. The zero-order chi connectivity index (χ0) is 11.6. The first-order chi connectivity index (χ1) is 6.83. The van der Waals surface area contributed by atoms with Gasteiger partial charge in [-0.15, -0.1) is 0 Å². The van der Waals surface area contributed by atoms with E-state index in [4.69, 9.17) is 18.0 Å². The van der Waals surface area contributed by atoms with Crippen LogP contribution >= 0.6 is 12.2 Å². The summed E-state index contributed by atoms with van der Waals surface area (Å²) in [5.41, 5.74) is 6.22. The maximum atomic E-state index is 5.69. The van der Waals surface area contributed by atoms with E-state index in [0.717, 1.165) is 0 Å². The number of hydrogen-bond acceptors (Lipinski definition) is 2. The van der Waals surface area contributed by atoms with Crippen LogP contribution in [0.5, 0.6) is 0 Å². The third-order valence-electron chi connectivity index (χ3n) is 3.91. The van der Waals surface area contributed by atoms with Gasteiger partial charge in [0.15, 0.2) is 0 Å². The van der Waals surface area contributed by atoms with Crippen LogP contribution in [0.2, 0.25) is 0 Å². The van der Waals surface area contributed by atoms with Crippen LogP contribution in [0.15, 0.2) is 0 Å². The van der Waals surface area contributed by atoms with Crippen LogP contribution in [0.4, 0.5) is 0 Å². The van der Waals surface area contributed by atoms with Gasteiger partial charge in [0.2, 0.25) is 0 Å². The largest absolute Gasteiger partial charge is 0.392 e. The van der Waals surface area contributed by atoms with Gasteiger partial charge in [0.1, 0.15) is 0 Å². The second kappa shape index (κ2) is 4.79. The van der Waals surface area contributed by atoms with Gasteiger partial charge in [-0.3, -0.25) is 4.90 Å². The molecule has 1 rings (SSSR count). The van der Waals surface area contributed by atoms with Gasteiger partial charge in [-0.05, 0) is 45.1 Å². The van der Waals surface area contributed by atoms with Crippen LogP contribution < -0.4 is 5.73 Å². The molecule has 1 aliphatic carbocycles. The summed E-state index contributed by atoms with van der Waals surface area (Å²) in [5.74, 6) is 0. The number of thiocarbonyl (C=S) groups is 1. The van der Waals surface area contributed by atoms with Gasteiger partial charge >= 0.3 is 0 Å². The van der Waals surface area contributed by atoms with Crippen molar-refractivity contribution in [1.82, 2.24) is 4.90 Å². The molecule has 0 bridgehead atoms. The van der Waals surface area contributed by atoms with Crippen LogP contribution in [-0.4, -0.2) is 29.0 Å². The summed E-state index contributed by atoms with van der Waals surface area (Å²) in [5, 5.41) is 0. The Morgan fingerprint density at radius 3 is 2.27 bits per heavy atom. The van der Waals surface area contributed by atoms with Crippen molar-refractivity contribution in [2.75, 3.05) is 7.05 Å². The molecule has 0 aromatic carbocycles. The highest BCUT2D eigenvalue weighted by atomic mass is 32.1. The molecule has 3 heteroatoms. The number of nitrogens with two attached hydrogens (primary N) is 1. The smallest absolute Gasteiger partial charge is 0.0899 e. The summed E-state index contributed by atoms with van der Waals surface area (Å²) in [7, 11) is 2.15. The first-order valence-corrected chi connectivity index (χ1v) is 6.25. The molecule has 88 valence electrons. The second-order valence-electron chi connectivity index (χ2n) is 5.64. The van der Waals surface area contributed by atoms with Crippen LogP contribution in [0.3, 0.4) is 0 Å². The van der Waals surface area contributed by atoms with E-state index >= 15 is 0 Å². The second-order valence-corrected chi connectivity index (χ2v) is 6.11. The minimum Gasteiger partial charge on any atom is -0.392 e. The van der Waals surface area contributed by atoms with Crippen molar-refractivity contribution in [2.45, 2.75) is 58.5 Å². The Hall–Kier alpha value is -0.150. The van der Waals surface area contributed by atoms with E-state index in [9.17, 15) is 0 Å². The quantitative estimate of drug-likeness (QED) is 0.753. The Morgan fingerprint density at radius 1 is 1.40 bits per heavy atom. The molecular weight excluding hydrogens is 204 g/mol. The molecular formula is C12H24N2S. The first-order valence-electron chi connectivity index (χ1n) is 5.85. The van der Waals surface area contributed by atoms with Gasteiger partial charge in [-0.25, -0.2) is 0 Å². The molecule has 0 saturated heterocycles. The minimum atomic E-state index is 0.228. The molecule has 1 saturated carbocycles. The molecule has 1 fully saturated rings. The van der Waals surface area contributed by atoms with E-state index < -0.39 is 0 Å². The number of likely N-dealkylation sites (N-methyl/N-ethyl adjacent to an activating group) is 1. The van der Waals surface area contributed by atoms with Gasteiger partial charge in [0, 0.05) is 6.04 Å². The van der Waals surface area contributed by atoms with Gasteiger partial charge in [0.05, 0.1) is 11.0 Å². The molecule has 0 amide bonds. The molecule has 0 aliphatic heterocycles. The summed E-state index contributed by atoms with van der Waals surface area (Å²) in [6.45, 7) is 6.82. The third-order valence-corrected chi connectivity index (χ3v) is 4.25. The zero-order valence-electron chi connectivity index (χ0n) is 10.4. The highest BCUT2D eigenvalue weighted by Crippen LogP contribution is 2.36. The summed E-state index contributed by atoms with van der Waals surface area (Å²) < 4.78 is 0. The fourth-order valence-corrected chi connectivity index (χ4v) is 2.47. The van der Waals surface area contributed by atoms with Crippen molar-refractivity contribution in [3.63, 3.8) is 0 Å². The van der Waals surface area contributed by atoms with Crippen LogP contribution in [0.1, 0.15) is 46.5 Å². The fourth-order valence-electron chi connectivity index (χ4n) is 2.31. The van der Waals surface area contributed by atoms with Gasteiger partial charge < -0.3 is 5.73 Å². The Morgan fingerprint density at radius 2 is 1.87 bits per heavy atom. The minimum absolute atomic E-state index is 0.228. The topological polar surface area (TPSA) is 29.3 Å². The lowest BCUT2D eigenvalue weighted by atomic mass is 9.75. The molecule has 2 N–H and O–H groups in total. The average Bonchev–Trinajstić information content (AvgIpc) is 2.15. The summed E-state index contributed by atoms with van der Waals surface area (Å²) in [6.07, 6.45) is 5.17. The van der Waals surface area contributed by atoms with Gasteiger partial charge in [0.25, 0.3) is 0 Å². The first kappa shape index (κ1) is 12.9. The van der Waals surface area contributed by atoms with Crippen LogP contribution in [0.25, 0.3) is 0 Å². The SMILES string of the molecule is CC(C(N)=S)N(C)C1CCC(C)(C)CC1. The highest BCUT2D eigenvalue weighted by molar-refractivity contribution is 7.80. The summed E-state index contributed by atoms with van der Waals surface area (Å²) >= 11 is 5.04. The van der Waals surface area contributed by atoms with E-state index in [1.54, 1.807) is 0 Å². The maximum Gasteiger partial charge on any atom is 0.0899 e. The Kier molecular flexibility index (Phi) is 4.13. The molecule has 1 atom stereocenters. The van der Waals surface area contributed by atoms with Crippen molar-refractivity contribution in [2.24, 2.45) is 11.1 Å². The summed E-state index contributed by atoms with van der Waals surface area (Å²) in [6, 6.07) is 0.890. The monoisotopic (exact) mass is 228 g/mol. The molecule has 0 spiro atoms.